The van der Waals surface area contributed by atoms with E-state index in [-0.39, 0.29) is 11.3 Å². The second-order valence-electron chi connectivity index (χ2n) is 3.63. The molecule has 1 amide bonds. The molecule has 1 N–H and O–H groups in total. The van der Waals surface area contributed by atoms with Crippen LogP contribution in [0.3, 0.4) is 0 Å². The van der Waals surface area contributed by atoms with E-state index in [2.05, 4.69) is 10.3 Å². The van der Waals surface area contributed by atoms with Crippen LogP contribution in [0.5, 0.6) is 0 Å². The lowest BCUT2D eigenvalue weighted by atomic mass is 10.2. The van der Waals surface area contributed by atoms with E-state index in [0.29, 0.717) is 5.69 Å². The molecular formula is C13H7F2N3O. The Bertz CT molecular complexity index is 663. The van der Waals surface area contributed by atoms with Gasteiger partial charge in [0.05, 0.1) is 11.9 Å². The number of hydrogen-bond acceptors (Lipinski definition) is 3. The predicted octanol–water partition coefficient (Wildman–Crippen LogP) is 2.48. The van der Waals surface area contributed by atoms with E-state index in [4.69, 9.17) is 5.26 Å². The SMILES string of the molecule is N#Cc1ccc(NC(=O)c2ccc(F)c(F)c2)cn1. The summed E-state index contributed by atoms with van der Waals surface area (Å²) in [6.45, 7) is 0. The van der Waals surface area contributed by atoms with Crippen LogP contribution in [0, 0.1) is 23.0 Å². The number of nitrogens with one attached hydrogen (secondary N) is 1. The summed E-state index contributed by atoms with van der Waals surface area (Å²) in [7, 11) is 0. The molecule has 19 heavy (non-hydrogen) atoms. The van der Waals surface area contributed by atoms with Crippen molar-refractivity contribution >= 4 is 11.6 Å². The van der Waals surface area contributed by atoms with E-state index >= 15 is 0 Å². The Kier molecular flexibility index (Phi) is 3.48. The normalized spacial score (nSPS) is 9.74. The fraction of sp³-hybridized carbons (Fsp3) is 0. The first-order valence-electron chi connectivity index (χ1n) is 5.22. The third-order valence-corrected chi connectivity index (χ3v) is 2.32. The summed E-state index contributed by atoms with van der Waals surface area (Å²) in [5.74, 6) is -2.70. The summed E-state index contributed by atoms with van der Waals surface area (Å²) in [6.07, 6.45) is 1.30. The molecule has 1 aromatic heterocycles. The third kappa shape index (κ3) is 2.90. The minimum Gasteiger partial charge on any atom is -0.321 e. The fourth-order valence-electron chi connectivity index (χ4n) is 1.37. The number of amides is 1. The molecule has 0 spiro atoms. The molecule has 94 valence electrons. The minimum atomic E-state index is -1.09. The van der Waals surface area contributed by atoms with Crippen molar-refractivity contribution in [2.24, 2.45) is 0 Å². The van der Waals surface area contributed by atoms with Crippen LogP contribution >= 0.6 is 0 Å². The van der Waals surface area contributed by atoms with Crippen LogP contribution in [-0.2, 0) is 0 Å². The molecular weight excluding hydrogens is 252 g/mol. The Morgan fingerprint density at radius 3 is 2.58 bits per heavy atom. The van der Waals surface area contributed by atoms with Crippen LogP contribution in [0.15, 0.2) is 36.5 Å². The van der Waals surface area contributed by atoms with E-state index in [0.717, 1.165) is 12.1 Å². The zero-order chi connectivity index (χ0) is 13.8. The third-order valence-electron chi connectivity index (χ3n) is 2.32. The molecule has 1 aromatic carbocycles. The Balaban J connectivity index is 2.16. The monoisotopic (exact) mass is 259 g/mol. The van der Waals surface area contributed by atoms with Crippen LogP contribution in [-0.4, -0.2) is 10.9 Å². The van der Waals surface area contributed by atoms with Gasteiger partial charge >= 0.3 is 0 Å². The van der Waals surface area contributed by atoms with Crippen LogP contribution in [0.4, 0.5) is 14.5 Å². The van der Waals surface area contributed by atoms with E-state index in [1.54, 1.807) is 0 Å². The number of nitrogens with zero attached hydrogens (tertiary/aromatic N) is 2. The van der Waals surface area contributed by atoms with E-state index < -0.39 is 17.5 Å². The highest BCUT2D eigenvalue weighted by atomic mass is 19.2. The molecule has 0 saturated carbocycles. The number of rotatable bonds is 2. The van der Waals surface area contributed by atoms with Gasteiger partial charge < -0.3 is 5.32 Å². The van der Waals surface area contributed by atoms with Crippen molar-refractivity contribution in [3.8, 4) is 6.07 Å². The highest BCUT2D eigenvalue weighted by Gasteiger charge is 2.10. The van der Waals surface area contributed by atoms with Gasteiger partial charge in [-0.1, -0.05) is 0 Å². The minimum absolute atomic E-state index is 0.0109. The zero-order valence-corrected chi connectivity index (χ0v) is 9.52. The molecule has 6 heteroatoms. The Labute approximate surface area is 107 Å². The van der Waals surface area contributed by atoms with Crippen molar-refractivity contribution in [2.75, 3.05) is 5.32 Å². The number of benzene rings is 1. The Morgan fingerprint density at radius 1 is 1.21 bits per heavy atom. The molecule has 0 bridgehead atoms. The summed E-state index contributed by atoms with van der Waals surface area (Å²) in [4.78, 5) is 15.5. The maximum absolute atomic E-state index is 13.0. The maximum Gasteiger partial charge on any atom is 0.255 e. The van der Waals surface area contributed by atoms with Gasteiger partial charge in [0.2, 0.25) is 0 Å². The van der Waals surface area contributed by atoms with Gasteiger partial charge in [-0.25, -0.2) is 13.8 Å². The van der Waals surface area contributed by atoms with Gasteiger partial charge in [0.25, 0.3) is 5.91 Å². The topological polar surface area (TPSA) is 65.8 Å². The summed E-state index contributed by atoms with van der Waals surface area (Å²) in [5, 5.41) is 11.0. The van der Waals surface area contributed by atoms with Crippen molar-refractivity contribution in [3.63, 3.8) is 0 Å². The highest BCUT2D eigenvalue weighted by Crippen LogP contribution is 2.12. The van der Waals surface area contributed by atoms with Crippen molar-refractivity contribution in [2.45, 2.75) is 0 Å². The number of carbonyl (C=O) groups is 1. The molecule has 0 atom stereocenters. The molecule has 0 unspecified atom stereocenters. The summed E-state index contributed by atoms with van der Waals surface area (Å²) >= 11 is 0. The standard InChI is InChI=1S/C13H7F2N3O/c14-11-4-1-8(5-12(11)15)13(19)18-10-3-2-9(6-16)17-7-10/h1-5,7H,(H,18,19). The smallest absolute Gasteiger partial charge is 0.255 e. The number of anilines is 1. The quantitative estimate of drug-likeness (QED) is 0.901. The first-order chi connectivity index (χ1) is 9.10. The first-order valence-corrected chi connectivity index (χ1v) is 5.22. The molecule has 0 fully saturated rings. The molecule has 2 aromatic rings. The largest absolute Gasteiger partial charge is 0.321 e. The number of carbonyl (C=O) groups excluding carboxylic acids is 1. The van der Waals surface area contributed by atoms with Crippen molar-refractivity contribution in [1.29, 1.82) is 5.26 Å². The van der Waals surface area contributed by atoms with Crippen LogP contribution < -0.4 is 5.32 Å². The molecule has 4 nitrogen and oxygen atoms in total. The molecule has 1 heterocycles. The molecule has 0 aliphatic rings. The average Bonchev–Trinajstić information content (AvgIpc) is 2.42. The average molecular weight is 259 g/mol. The highest BCUT2D eigenvalue weighted by molar-refractivity contribution is 6.04. The van der Waals surface area contributed by atoms with Crippen molar-refractivity contribution in [1.82, 2.24) is 4.98 Å². The van der Waals surface area contributed by atoms with Gasteiger partial charge in [0.1, 0.15) is 11.8 Å². The van der Waals surface area contributed by atoms with E-state index in [1.165, 1.54) is 24.4 Å². The summed E-state index contributed by atoms with van der Waals surface area (Å²) < 4.78 is 25.7. The molecule has 2 rings (SSSR count). The lowest BCUT2D eigenvalue weighted by molar-refractivity contribution is 0.102. The fourth-order valence-corrected chi connectivity index (χ4v) is 1.37. The number of hydrogen-bond donors (Lipinski definition) is 1. The summed E-state index contributed by atoms with van der Waals surface area (Å²) in [5.41, 5.74) is 0.558. The second kappa shape index (κ2) is 5.23. The molecule has 0 aliphatic carbocycles. The van der Waals surface area contributed by atoms with Gasteiger partial charge in [-0.3, -0.25) is 4.79 Å². The number of halogens is 2. The van der Waals surface area contributed by atoms with Gasteiger partial charge in [-0.2, -0.15) is 5.26 Å². The van der Waals surface area contributed by atoms with Crippen LogP contribution in [0.1, 0.15) is 16.1 Å². The lowest BCUT2D eigenvalue weighted by Crippen LogP contribution is -2.12. The predicted molar refractivity (Wildman–Crippen MR) is 63.3 cm³/mol. The van der Waals surface area contributed by atoms with Crippen molar-refractivity contribution in [3.05, 3.63) is 59.4 Å². The van der Waals surface area contributed by atoms with E-state index in [1.807, 2.05) is 6.07 Å². The zero-order valence-electron chi connectivity index (χ0n) is 9.52. The van der Waals surface area contributed by atoms with Gasteiger partial charge in [-0.05, 0) is 30.3 Å². The van der Waals surface area contributed by atoms with Crippen molar-refractivity contribution < 1.29 is 13.6 Å². The summed E-state index contributed by atoms with van der Waals surface area (Å²) in [6, 6.07) is 7.61. The van der Waals surface area contributed by atoms with Gasteiger partial charge in [0, 0.05) is 5.56 Å². The second-order valence-corrected chi connectivity index (χ2v) is 3.63. The first kappa shape index (κ1) is 12.6. The number of nitriles is 1. The number of pyridine rings is 1. The molecule has 0 radical (unpaired) electrons. The van der Waals surface area contributed by atoms with Crippen LogP contribution in [0.25, 0.3) is 0 Å². The van der Waals surface area contributed by atoms with Gasteiger partial charge in [0.15, 0.2) is 11.6 Å². The van der Waals surface area contributed by atoms with Crippen LogP contribution in [0.2, 0.25) is 0 Å². The lowest BCUT2D eigenvalue weighted by Gasteiger charge is -2.05. The molecule has 0 aliphatic heterocycles. The Hall–Kier alpha value is -2.81. The van der Waals surface area contributed by atoms with Gasteiger partial charge in [-0.15, -0.1) is 0 Å². The number of aromatic nitrogens is 1. The Morgan fingerprint density at radius 2 is 2.00 bits per heavy atom. The van der Waals surface area contributed by atoms with E-state index in [9.17, 15) is 13.6 Å². The molecule has 0 saturated heterocycles. The maximum atomic E-state index is 13.0.